The van der Waals surface area contributed by atoms with E-state index >= 15 is 0 Å². The van der Waals surface area contributed by atoms with Crippen LogP contribution in [0.15, 0.2) is 28.6 Å². The number of benzene rings is 1. The molecular weight excluding hydrogens is 384 g/mol. The van der Waals surface area contributed by atoms with Gasteiger partial charge < -0.3 is 20.1 Å². The number of aliphatic imine (C=N–C) groups is 1. The first-order valence-electron chi connectivity index (χ1n) is 10.5. The van der Waals surface area contributed by atoms with E-state index in [9.17, 15) is 0 Å². The molecule has 0 atom stereocenters. The van der Waals surface area contributed by atoms with Gasteiger partial charge in [-0.3, -0.25) is 0 Å². The minimum absolute atomic E-state index is 0.276. The van der Waals surface area contributed by atoms with Crippen LogP contribution in [0.5, 0.6) is 11.5 Å². The fourth-order valence-electron chi connectivity index (χ4n) is 3.43. The highest BCUT2D eigenvalue weighted by atomic mass is 32.1. The lowest BCUT2D eigenvalue weighted by molar-refractivity contribution is 0.198. The van der Waals surface area contributed by atoms with Gasteiger partial charge in [0.05, 0.1) is 37.0 Å². The normalized spacial score (nSPS) is 14.8. The summed E-state index contributed by atoms with van der Waals surface area (Å²) < 4.78 is 11.9. The second-order valence-electron chi connectivity index (χ2n) is 7.11. The van der Waals surface area contributed by atoms with Gasteiger partial charge >= 0.3 is 0 Å². The third-order valence-corrected chi connectivity index (χ3v) is 6.00. The summed E-state index contributed by atoms with van der Waals surface area (Å²) in [6.45, 7) is 6.17. The predicted octanol–water partition coefficient (Wildman–Crippen LogP) is 4.29. The molecule has 6 nitrogen and oxygen atoms in total. The van der Waals surface area contributed by atoms with Crippen LogP contribution in [0.4, 0.5) is 0 Å². The molecule has 1 aliphatic rings. The summed E-state index contributed by atoms with van der Waals surface area (Å²) in [5, 5.41) is 9.95. The molecule has 1 saturated carbocycles. The lowest BCUT2D eigenvalue weighted by Gasteiger charge is -2.19. The highest BCUT2D eigenvalue weighted by Gasteiger charge is 2.20. The Morgan fingerprint density at radius 2 is 2.07 bits per heavy atom. The SMILES string of the molecule is CCNC(=NCc1cccc(OC)c1OC1CCCC1)NCc1csc(CC)n1. The van der Waals surface area contributed by atoms with Gasteiger partial charge in [-0.1, -0.05) is 19.1 Å². The third-order valence-electron chi connectivity index (χ3n) is 4.96. The van der Waals surface area contributed by atoms with E-state index in [4.69, 9.17) is 14.5 Å². The van der Waals surface area contributed by atoms with Crippen LogP contribution in [0.1, 0.15) is 55.8 Å². The fourth-order valence-corrected chi connectivity index (χ4v) is 4.17. The molecule has 7 heteroatoms. The van der Waals surface area contributed by atoms with Gasteiger partial charge in [-0.25, -0.2) is 9.98 Å². The average molecular weight is 417 g/mol. The van der Waals surface area contributed by atoms with E-state index in [1.165, 1.54) is 12.8 Å². The summed E-state index contributed by atoms with van der Waals surface area (Å²) >= 11 is 1.70. The van der Waals surface area contributed by atoms with Crippen LogP contribution in [0.2, 0.25) is 0 Å². The maximum Gasteiger partial charge on any atom is 0.191 e. The van der Waals surface area contributed by atoms with Crippen LogP contribution in [-0.4, -0.2) is 30.7 Å². The highest BCUT2D eigenvalue weighted by molar-refractivity contribution is 7.09. The molecule has 2 aromatic rings. The third kappa shape index (κ3) is 6.10. The zero-order valence-corrected chi connectivity index (χ0v) is 18.5. The smallest absolute Gasteiger partial charge is 0.191 e. The van der Waals surface area contributed by atoms with Gasteiger partial charge in [0.25, 0.3) is 0 Å². The Kier molecular flexibility index (Phi) is 8.16. The largest absolute Gasteiger partial charge is 0.493 e. The van der Waals surface area contributed by atoms with Gasteiger partial charge in [0.2, 0.25) is 0 Å². The van der Waals surface area contributed by atoms with Crippen LogP contribution < -0.4 is 20.1 Å². The van der Waals surface area contributed by atoms with Crippen molar-refractivity contribution in [2.24, 2.45) is 4.99 Å². The van der Waals surface area contributed by atoms with E-state index in [1.807, 2.05) is 12.1 Å². The summed E-state index contributed by atoms with van der Waals surface area (Å²) in [7, 11) is 1.69. The molecule has 0 bridgehead atoms. The number of para-hydroxylation sites is 1. The number of hydrogen-bond donors (Lipinski definition) is 2. The lowest BCUT2D eigenvalue weighted by atomic mass is 10.1. The monoisotopic (exact) mass is 416 g/mol. The number of ether oxygens (including phenoxy) is 2. The van der Waals surface area contributed by atoms with Crippen molar-refractivity contribution in [2.75, 3.05) is 13.7 Å². The molecule has 158 valence electrons. The van der Waals surface area contributed by atoms with Crippen LogP contribution in [0.3, 0.4) is 0 Å². The van der Waals surface area contributed by atoms with E-state index in [0.29, 0.717) is 13.1 Å². The van der Waals surface area contributed by atoms with Gasteiger partial charge in [0, 0.05) is 17.5 Å². The molecule has 0 radical (unpaired) electrons. The molecule has 1 heterocycles. The molecule has 1 fully saturated rings. The number of aryl methyl sites for hydroxylation is 1. The van der Waals surface area contributed by atoms with Crippen LogP contribution in [0, 0.1) is 0 Å². The summed E-state index contributed by atoms with van der Waals surface area (Å²) in [6, 6.07) is 6.01. The zero-order valence-electron chi connectivity index (χ0n) is 17.7. The number of rotatable bonds is 9. The number of aromatic nitrogens is 1. The molecular formula is C22H32N4O2S. The Morgan fingerprint density at radius 1 is 1.24 bits per heavy atom. The Labute approximate surface area is 177 Å². The molecule has 2 N–H and O–H groups in total. The summed E-state index contributed by atoms with van der Waals surface area (Å²) in [6.07, 6.45) is 5.93. The number of thiazole rings is 1. The lowest BCUT2D eigenvalue weighted by Crippen LogP contribution is -2.36. The van der Waals surface area contributed by atoms with Crippen molar-refractivity contribution in [1.29, 1.82) is 0 Å². The van der Waals surface area contributed by atoms with E-state index in [2.05, 4.69) is 40.9 Å². The molecule has 3 rings (SSSR count). The number of methoxy groups -OCH3 is 1. The second kappa shape index (κ2) is 11.0. The second-order valence-corrected chi connectivity index (χ2v) is 8.05. The molecule has 1 aromatic heterocycles. The molecule has 0 amide bonds. The predicted molar refractivity (Wildman–Crippen MR) is 119 cm³/mol. The van der Waals surface area contributed by atoms with Gasteiger partial charge in [-0.2, -0.15) is 0 Å². The quantitative estimate of drug-likeness (QED) is 0.471. The van der Waals surface area contributed by atoms with Gasteiger partial charge in [0.1, 0.15) is 0 Å². The Balaban J connectivity index is 1.70. The number of nitrogens with one attached hydrogen (secondary N) is 2. The fraction of sp³-hybridized carbons (Fsp3) is 0.545. The van der Waals surface area contributed by atoms with Crippen molar-refractivity contribution < 1.29 is 9.47 Å². The zero-order chi connectivity index (χ0) is 20.5. The van der Waals surface area contributed by atoms with Crippen molar-refractivity contribution >= 4 is 17.3 Å². The molecule has 0 unspecified atom stereocenters. The number of nitrogens with zero attached hydrogens (tertiary/aromatic N) is 2. The van der Waals surface area contributed by atoms with Crippen molar-refractivity contribution in [3.8, 4) is 11.5 Å². The van der Waals surface area contributed by atoms with E-state index in [-0.39, 0.29) is 6.10 Å². The van der Waals surface area contributed by atoms with Crippen molar-refractivity contribution in [3.63, 3.8) is 0 Å². The summed E-state index contributed by atoms with van der Waals surface area (Å²) in [5.41, 5.74) is 2.08. The van der Waals surface area contributed by atoms with Crippen LogP contribution in [0.25, 0.3) is 0 Å². The minimum atomic E-state index is 0.276. The highest BCUT2D eigenvalue weighted by Crippen LogP contribution is 2.35. The Bertz CT molecular complexity index is 800. The first kappa shape index (κ1) is 21.4. The van der Waals surface area contributed by atoms with Crippen molar-refractivity contribution in [3.05, 3.63) is 39.8 Å². The van der Waals surface area contributed by atoms with Crippen molar-refractivity contribution in [1.82, 2.24) is 15.6 Å². The maximum atomic E-state index is 6.32. The summed E-state index contributed by atoms with van der Waals surface area (Å²) in [5.74, 6) is 2.37. The van der Waals surface area contributed by atoms with Crippen LogP contribution in [-0.2, 0) is 19.5 Å². The van der Waals surface area contributed by atoms with Gasteiger partial charge in [-0.05, 0) is 45.1 Å². The molecule has 1 aromatic carbocycles. The van der Waals surface area contributed by atoms with Gasteiger partial charge in [0.15, 0.2) is 17.5 Å². The van der Waals surface area contributed by atoms with E-state index in [0.717, 1.165) is 59.5 Å². The minimum Gasteiger partial charge on any atom is -0.493 e. The molecule has 1 aliphatic carbocycles. The first-order valence-corrected chi connectivity index (χ1v) is 11.4. The van der Waals surface area contributed by atoms with Crippen molar-refractivity contribution in [2.45, 2.75) is 65.1 Å². The molecule has 0 saturated heterocycles. The number of guanidine groups is 1. The summed E-state index contributed by atoms with van der Waals surface area (Å²) in [4.78, 5) is 9.38. The standard InChI is InChI=1S/C22H32N4O2S/c1-4-20-26-17(15-29-20)14-25-22(23-5-2)24-13-16-9-8-12-19(27-3)21(16)28-18-10-6-7-11-18/h8-9,12,15,18H,4-7,10-11,13-14H2,1-3H3,(H2,23,24,25). The molecule has 0 spiro atoms. The topological polar surface area (TPSA) is 67.8 Å². The van der Waals surface area contributed by atoms with Gasteiger partial charge in [-0.15, -0.1) is 11.3 Å². The van der Waals surface area contributed by atoms with E-state index < -0.39 is 0 Å². The number of hydrogen-bond acceptors (Lipinski definition) is 5. The average Bonchev–Trinajstić information content (AvgIpc) is 3.42. The maximum absolute atomic E-state index is 6.32. The Morgan fingerprint density at radius 3 is 2.76 bits per heavy atom. The molecule has 0 aliphatic heterocycles. The van der Waals surface area contributed by atoms with Crippen LogP contribution >= 0.6 is 11.3 Å². The first-order chi connectivity index (χ1) is 14.2. The molecule has 29 heavy (non-hydrogen) atoms. The van der Waals surface area contributed by atoms with E-state index in [1.54, 1.807) is 18.4 Å². The Hall–Kier alpha value is -2.28.